The van der Waals surface area contributed by atoms with Gasteiger partial charge in [0.25, 0.3) is 5.91 Å². The first-order valence-corrected chi connectivity index (χ1v) is 11.6. The van der Waals surface area contributed by atoms with E-state index in [-0.39, 0.29) is 17.9 Å². The number of aromatic nitrogens is 1. The Labute approximate surface area is 200 Å². The zero-order valence-corrected chi connectivity index (χ0v) is 20.4. The van der Waals surface area contributed by atoms with Gasteiger partial charge in [-0.2, -0.15) is 0 Å². The van der Waals surface area contributed by atoms with Crippen LogP contribution in [-0.4, -0.2) is 54.0 Å². The average Bonchev–Trinajstić information content (AvgIpc) is 3.43. The number of rotatable bonds is 7. The summed E-state index contributed by atoms with van der Waals surface area (Å²) in [7, 11) is 1.60. The highest BCUT2D eigenvalue weighted by atomic mass is 16.5. The highest BCUT2D eigenvalue weighted by Gasteiger charge is 2.24. The minimum atomic E-state index is -0.100. The van der Waals surface area contributed by atoms with Gasteiger partial charge in [-0.3, -0.25) is 9.69 Å². The SMILES string of the molecule is COc1ccccc1OCc1ccc(C(=O)N2CCCN(Cc3ncc(C(C)(C)C)o3)CC2)o1. The van der Waals surface area contributed by atoms with Crippen LogP contribution in [-0.2, 0) is 18.6 Å². The van der Waals surface area contributed by atoms with Crippen molar-refractivity contribution in [2.75, 3.05) is 33.3 Å². The van der Waals surface area contributed by atoms with Crippen LogP contribution in [0.4, 0.5) is 0 Å². The number of ether oxygens (including phenoxy) is 2. The normalized spacial score (nSPS) is 15.2. The Morgan fingerprint density at radius 2 is 1.82 bits per heavy atom. The fourth-order valence-corrected chi connectivity index (χ4v) is 3.87. The zero-order valence-electron chi connectivity index (χ0n) is 20.4. The molecule has 1 saturated heterocycles. The van der Waals surface area contributed by atoms with E-state index in [2.05, 4.69) is 30.7 Å². The molecular weight excluding hydrogens is 434 g/mol. The first-order chi connectivity index (χ1) is 16.3. The van der Waals surface area contributed by atoms with E-state index in [0.29, 0.717) is 42.7 Å². The lowest BCUT2D eigenvalue weighted by molar-refractivity contribution is 0.0724. The maximum atomic E-state index is 13.0. The Kier molecular flexibility index (Phi) is 7.26. The number of benzene rings is 1. The number of nitrogens with zero attached hydrogens (tertiary/aromatic N) is 3. The summed E-state index contributed by atoms with van der Waals surface area (Å²) in [5.41, 5.74) is -0.0621. The monoisotopic (exact) mass is 467 g/mol. The molecule has 0 atom stereocenters. The molecule has 3 aromatic rings. The predicted molar refractivity (Wildman–Crippen MR) is 127 cm³/mol. The second-order valence-corrected chi connectivity index (χ2v) is 9.50. The van der Waals surface area contributed by atoms with Crippen LogP contribution in [0.2, 0.25) is 0 Å². The number of amides is 1. The molecule has 3 heterocycles. The Bertz CT molecular complexity index is 1100. The largest absolute Gasteiger partial charge is 0.493 e. The van der Waals surface area contributed by atoms with Gasteiger partial charge in [0.15, 0.2) is 17.3 Å². The van der Waals surface area contributed by atoms with Gasteiger partial charge in [-0.15, -0.1) is 0 Å². The highest BCUT2D eigenvalue weighted by Crippen LogP contribution is 2.27. The molecule has 1 aromatic carbocycles. The molecule has 0 N–H and O–H groups in total. The molecule has 0 unspecified atom stereocenters. The minimum absolute atomic E-state index is 0.0621. The van der Waals surface area contributed by atoms with E-state index in [1.165, 1.54) is 0 Å². The summed E-state index contributed by atoms with van der Waals surface area (Å²) in [6.45, 7) is 10.1. The number of para-hydroxylation sites is 2. The predicted octanol–water partition coefficient (Wildman–Crippen LogP) is 4.50. The number of carbonyl (C=O) groups is 1. The van der Waals surface area contributed by atoms with Crippen molar-refractivity contribution in [3.8, 4) is 11.5 Å². The first kappa shape index (κ1) is 23.9. The number of hydrogen-bond donors (Lipinski definition) is 0. The van der Waals surface area contributed by atoms with E-state index in [9.17, 15) is 4.79 Å². The molecular formula is C26H33N3O5. The number of furan rings is 1. The van der Waals surface area contributed by atoms with Crippen LogP contribution < -0.4 is 9.47 Å². The summed E-state index contributed by atoms with van der Waals surface area (Å²) in [6.07, 6.45) is 2.69. The molecule has 0 radical (unpaired) electrons. The quantitative estimate of drug-likeness (QED) is 0.506. The maximum absolute atomic E-state index is 13.0. The third-order valence-corrected chi connectivity index (χ3v) is 5.84. The summed E-state index contributed by atoms with van der Waals surface area (Å²) in [4.78, 5) is 21.6. The Morgan fingerprint density at radius 3 is 2.56 bits per heavy atom. The van der Waals surface area contributed by atoms with Crippen molar-refractivity contribution in [1.82, 2.24) is 14.8 Å². The summed E-state index contributed by atoms with van der Waals surface area (Å²) < 4.78 is 22.8. The van der Waals surface area contributed by atoms with Gasteiger partial charge in [0.05, 0.1) is 19.9 Å². The van der Waals surface area contributed by atoms with Gasteiger partial charge >= 0.3 is 0 Å². The van der Waals surface area contributed by atoms with Gasteiger partial charge in [-0.1, -0.05) is 32.9 Å². The number of oxazole rings is 1. The minimum Gasteiger partial charge on any atom is -0.493 e. The van der Waals surface area contributed by atoms with E-state index in [0.717, 1.165) is 31.2 Å². The summed E-state index contributed by atoms with van der Waals surface area (Å²) in [5.74, 6) is 3.70. The summed E-state index contributed by atoms with van der Waals surface area (Å²) in [6, 6.07) is 10.9. The van der Waals surface area contributed by atoms with Crippen LogP contribution >= 0.6 is 0 Å². The van der Waals surface area contributed by atoms with E-state index >= 15 is 0 Å². The van der Waals surface area contributed by atoms with Crippen LogP contribution in [0.1, 0.15) is 55.2 Å². The van der Waals surface area contributed by atoms with E-state index in [1.54, 1.807) is 19.2 Å². The van der Waals surface area contributed by atoms with Crippen molar-refractivity contribution in [1.29, 1.82) is 0 Å². The van der Waals surface area contributed by atoms with Gasteiger partial charge in [-0.05, 0) is 30.7 Å². The molecule has 1 aliphatic rings. The van der Waals surface area contributed by atoms with Gasteiger partial charge in [0.2, 0.25) is 5.89 Å². The van der Waals surface area contributed by atoms with Crippen LogP contribution in [0, 0.1) is 0 Å². The van der Waals surface area contributed by atoms with Crippen molar-refractivity contribution in [2.24, 2.45) is 0 Å². The Balaban J connectivity index is 1.31. The summed E-state index contributed by atoms with van der Waals surface area (Å²) >= 11 is 0. The molecule has 8 nitrogen and oxygen atoms in total. The molecule has 1 aliphatic heterocycles. The van der Waals surface area contributed by atoms with Gasteiger partial charge in [-0.25, -0.2) is 4.98 Å². The molecule has 8 heteroatoms. The molecule has 2 aromatic heterocycles. The van der Waals surface area contributed by atoms with E-state index in [1.807, 2.05) is 35.4 Å². The second kappa shape index (κ2) is 10.3. The van der Waals surface area contributed by atoms with Crippen molar-refractivity contribution >= 4 is 5.91 Å². The van der Waals surface area contributed by atoms with Crippen molar-refractivity contribution in [2.45, 2.75) is 45.8 Å². The highest BCUT2D eigenvalue weighted by molar-refractivity contribution is 5.91. The topological polar surface area (TPSA) is 81.2 Å². The molecule has 1 fully saturated rings. The Morgan fingerprint density at radius 1 is 1.03 bits per heavy atom. The van der Waals surface area contributed by atoms with E-state index in [4.69, 9.17) is 18.3 Å². The zero-order chi connectivity index (χ0) is 24.1. The standard InChI is InChI=1S/C26H33N3O5/c1-26(2,3)23-16-27-24(34-23)17-28-12-7-13-29(15-14-28)25(30)22-11-10-19(33-22)18-32-21-9-6-5-8-20(21)31-4/h5-6,8-11,16H,7,12-15,17-18H2,1-4H3. The molecule has 0 aliphatic carbocycles. The first-order valence-electron chi connectivity index (χ1n) is 11.6. The van der Waals surface area contributed by atoms with Crippen molar-refractivity contribution < 1.29 is 23.1 Å². The molecule has 182 valence electrons. The smallest absolute Gasteiger partial charge is 0.289 e. The van der Waals surface area contributed by atoms with E-state index < -0.39 is 0 Å². The van der Waals surface area contributed by atoms with Gasteiger partial charge in [0.1, 0.15) is 18.1 Å². The van der Waals surface area contributed by atoms with Crippen molar-refractivity contribution in [3.63, 3.8) is 0 Å². The third-order valence-electron chi connectivity index (χ3n) is 5.84. The van der Waals surface area contributed by atoms with Gasteiger partial charge < -0.3 is 23.2 Å². The fraction of sp³-hybridized carbons (Fsp3) is 0.462. The van der Waals surface area contributed by atoms with Crippen LogP contribution in [0.25, 0.3) is 0 Å². The number of carbonyl (C=O) groups excluding carboxylic acids is 1. The lowest BCUT2D eigenvalue weighted by Crippen LogP contribution is -2.35. The maximum Gasteiger partial charge on any atom is 0.289 e. The van der Waals surface area contributed by atoms with Gasteiger partial charge in [0, 0.05) is 31.6 Å². The molecule has 4 rings (SSSR count). The lowest BCUT2D eigenvalue weighted by Gasteiger charge is -2.20. The third kappa shape index (κ3) is 5.80. The van der Waals surface area contributed by atoms with Crippen LogP contribution in [0.15, 0.2) is 51.4 Å². The fourth-order valence-electron chi connectivity index (χ4n) is 3.87. The Hall–Kier alpha value is -3.26. The second-order valence-electron chi connectivity index (χ2n) is 9.50. The lowest BCUT2D eigenvalue weighted by atomic mass is 9.94. The molecule has 0 spiro atoms. The van der Waals surface area contributed by atoms with Crippen LogP contribution in [0.3, 0.4) is 0 Å². The molecule has 34 heavy (non-hydrogen) atoms. The number of hydrogen-bond acceptors (Lipinski definition) is 7. The number of methoxy groups -OCH3 is 1. The molecule has 1 amide bonds. The molecule has 0 saturated carbocycles. The van der Waals surface area contributed by atoms with Crippen LogP contribution in [0.5, 0.6) is 11.5 Å². The summed E-state index contributed by atoms with van der Waals surface area (Å²) in [5, 5.41) is 0. The molecule has 0 bridgehead atoms. The average molecular weight is 468 g/mol. The van der Waals surface area contributed by atoms with Crippen molar-refractivity contribution in [3.05, 3.63) is 65.8 Å².